The molecule has 5 nitrogen and oxygen atoms in total. The molecule has 0 radical (unpaired) electrons. The number of carbonyl (C=O) groups excluding carboxylic acids is 2. The van der Waals surface area contributed by atoms with E-state index in [-0.39, 0.29) is 17.6 Å². The van der Waals surface area contributed by atoms with Crippen LogP contribution in [-0.2, 0) is 9.59 Å². The molecular formula is C24H24N2O3S. The number of phenols is 1. The quantitative estimate of drug-likeness (QED) is 0.653. The fourth-order valence-corrected chi connectivity index (χ4v) is 5.08. The Morgan fingerprint density at radius 2 is 1.83 bits per heavy atom. The lowest BCUT2D eigenvalue weighted by Gasteiger charge is -2.27. The van der Waals surface area contributed by atoms with Crippen LogP contribution in [0.5, 0.6) is 5.75 Å². The summed E-state index contributed by atoms with van der Waals surface area (Å²) in [5.41, 5.74) is 1.53. The molecular weight excluding hydrogens is 396 g/mol. The van der Waals surface area contributed by atoms with Gasteiger partial charge in [-0.3, -0.25) is 9.59 Å². The maximum absolute atomic E-state index is 13.3. The molecule has 0 saturated carbocycles. The summed E-state index contributed by atoms with van der Waals surface area (Å²) < 4.78 is 0. The van der Waals surface area contributed by atoms with Gasteiger partial charge in [-0.25, -0.2) is 0 Å². The fourth-order valence-electron chi connectivity index (χ4n) is 3.90. The SMILES string of the molecule is CCC(=O)N1CSC[C@@H]1C(=O)N[C@@H](c1ccccc1)c1c(O)ccc2ccccc12. The summed E-state index contributed by atoms with van der Waals surface area (Å²) in [6, 6.07) is 19.9. The fraction of sp³-hybridized carbons (Fsp3) is 0.250. The van der Waals surface area contributed by atoms with E-state index in [1.54, 1.807) is 29.7 Å². The van der Waals surface area contributed by atoms with Crippen LogP contribution in [0, 0.1) is 0 Å². The van der Waals surface area contributed by atoms with Crippen LogP contribution in [0.2, 0.25) is 0 Å². The van der Waals surface area contributed by atoms with Crippen molar-refractivity contribution in [2.75, 3.05) is 11.6 Å². The number of phenolic OH excluding ortho intramolecular Hbond substituents is 1. The Labute approximate surface area is 180 Å². The van der Waals surface area contributed by atoms with Crippen LogP contribution < -0.4 is 5.32 Å². The molecule has 6 heteroatoms. The van der Waals surface area contributed by atoms with Gasteiger partial charge in [-0.15, -0.1) is 11.8 Å². The molecule has 1 aliphatic rings. The summed E-state index contributed by atoms with van der Waals surface area (Å²) in [4.78, 5) is 27.2. The molecule has 0 spiro atoms. The second-order valence-corrected chi connectivity index (χ2v) is 8.30. The molecule has 0 bridgehead atoms. The van der Waals surface area contributed by atoms with Crippen molar-refractivity contribution < 1.29 is 14.7 Å². The van der Waals surface area contributed by atoms with E-state index in [0.29, 0.717) is 23.6 Å². The van der Waals surface area contributed by atoms with Crippen molar-refractivity contribution >= 4 is 34.3 Å². The van der Waals surface area contributed by atoms with Crippen molar-refractivity contribution in [1.29, 1.82) is 0 Å². The zero-order chi connectivity index (χ0) is 21.1. The molecule has 30 heavy (non-hydrogen) atoms. The van der Waals surface area contributed by atoms with E-state index in [9.17, 15) is 14.7 Å². The number of nitrogens with one attached hydrogen (secondary N) is 1. The zero-order valence-corrected chi connectivity index (χ0v) is 17.6. The lowest BCUT2D eigenvalue weighted by molar-refractivity contribution is -0.138. The van der Waals surface area contributed by atoms with Crippen molar-refractivity contribution in [2.24, 2.45) is 0 Å². The molecule has 1 saturated heterocycles. The molecule has 2 N–H and O–H groups in total. The third-order valence-electron chi connectivity index (χ3n) is 5.46. The Morgan fingerprint density at radius 3 is 2.60 bits per heavy atom. The maximum atomic E-state index is 13.3. The van der Waals surface area contributed by atoms with E-state index in [4.69, 9.17) is 0 Å². The minimum absolute atomic E-state index is 0.0237. The van der Waals surface area contributed by atoms with Crippen LogP contribution >= 0.6 is 11.8 Å². The van der Waals surface area contributed by atoms with E-state index >= 15 is 0 Å². The molecule has 0 aliphatic carbocycles. The molecule has 2 amide bonds. The molecule has 1 fully saturated rings. The number of aromatic hydroxyl groups is 1. The summed E-state index contributed by atoms with van der Waals surface area (Å²) >= 11 is 1.58. The van der Waals surface area contributed by atoms with Gasteiger partial charge in [0, 0.05) is 17.7 Å². The largest absolute Gasteiger partial charge is 0.508 e. The topological polar surface area (TPSA) is 69.6 Å². The van der Waals surface area contributed by atoms with Gasteiger partial charge in [0.05, 0.1) is 11.9 Å². The van der Waals surface area contributed by atoms with E-state index in [2.05, 4.69) is 5.32 Å². The third kappa shape index (κ3) is 3.87. The summed E-state index contributed by atoms with van der Waals surface area (Å²) in [5.74, 6) is 0.999. The highest BCUT2D eigenvalue weighted by molar-refractivity contribution is 7.99. The average Bonchev–Trinajstić information content (AvgIpc) is 3.28. The van der Waals surface area contributed by atoms with Crippen LogP contribution in [0.25, 0.3) is 10.8 Å². The van der Waals surface area contributed by atoms with E-state index < -0.39 is 12.1 Å². The van der Waals surface area contributed by atoms with Crippen LogP contribution in [0.1, 0.15) is 30.5 Å². The second kappa shape index (κ2) is 8.79. The number of thioether (sulfide) groups is 1. The first kappa shape index (κ1) is 20.3. The van der Waals surface area contributed by atoms with Gasteiger partial charge in [-0.1, -0.05) is 67.6 Å². The Bertz CT molecular complexity index is 1070. The van der Waals surface area contributed by atoms with Crippen molar-refractivity contribution in [3.8, 4) is 5.75 Å². The minimum atomic E-state index is -0.533. The smallest absolute Gasteiger partial charge is 0.244 e. The summed E-state index contributed by atoms with van der Waals surface area (Å²) in [7, 11) is 0. The van der Waals surface area contributed by atoms with Gasteiger partial charge in [-0.2, -0.15) is 0 Å². The number of amides is 2. The number of benzene rings is 3. The van der Waals surface area contributed by atoms with Gasteiger partial charge in [-0.05, 0) is 22.4 Å². The van der Waals surface area contributed by atoms with Gasteiger partial charge in [0.15, 0.2) is 0 Å². The normalized spacial score (nSPS) is 17.1. The first-order chi connectivity index (χ1) is 14.6. The number of hydrogen-bond acceptors (Lipinski definition) is 4. The van der Waals surface area contributed by atoms with Crippen molar-refractivity contribution in [3.63, 3.8) is 0 Å². The van der Waals surface area contributed by atoms with E-state index in [1.807, 2.05) is 60.7 Å². The van der Waals surface area contributed by atoms with Crippen LogP contribution in [-0.4, -0.2) is 39.5 Å². The molecule has 1 aliphatic heterocycles. The van der Waals surface area contributed by atoms with Gasteiger partial charge in [0.1, 0.15) is 11.8 Å². The summed E-state index contributed by atoms with van der Waals surface area (Å²) in [6.07, 6.45) is 0.372. The maximum Gasteiger partial charge on any atom is 0.244 e. The Kier molecular flexibility index (Phi) is 5.95. The van der Waals surface area contributed by atoms with E-state index in [0.717, 1.165) is 16.3 Å². The predicted octanol–water partition coefficient (Wildman–Crippen LogP) is 4.06. The Morgan fingerprint density at radius 1 is 1.10 bits per heavy atom. The number of fused-ring (bicyclic) bond motifs is 1. The Hall–Kier alpha value is -2.99. The molecule has 4 rings (SSSR count). The third-order valence-corrected chi connectivity index (χ3v) is 6.48. The lowest BCUT2D eigenvalue weighted by Crippen LogP contribution is -2.48. The summed E-state index contributed by atoms with van der Waals surface area (Å²) in [5, 5.41) is 15.8. The number of nitrogens with zero attached hydrogens (tertiary/aromatic N) is 1. The number of rotatable bonds is 5. The van der Waals surface area contributed by atoms with Gasteiger partial charge < -0.3 is 15.3 Å². The average molecular weight is 421 g/mol. The minimum Gasteiger partial charge on any atom is -0.508 e. The van der Waals surface area contributed by atoms with Crippen molar-refractivity contribution in [1.82, 2.24) is 10.2 Å². The van der Waals surface area contributed by atoms with Gasteiger partial charge in [0.25, 0.3) is 0 Å². The van der Waals surface area contributed by atoms with Crippen LogP contribution in [0.4, 0.5) is 0 Å². The molecule has 3 aromatic rings. The number of hydrogen-bond donors (Lipinski definition) is 2. The molecule has 154 valence electrons. The molecule has 1 heterocycles. The number of carbonyl (C=O) groups is 2. The van der Waals surface area contributed by atoms with Crippen LogP contribution in [0.15, 0.2) is 66.7 Å². The zero-order valence-electron chi connectivity index (χ0n) is 16.7. The first-order valence-electron chi connectivity index (χ1n) is 10.0. The van der Waals surface area contributed by atoms with Gasteiger partial charge >= 0.3 is 0 Å². The molecule has 0 aromatic heterocycles. The predicted molar refractivity (Wildman–Crippen MR) is 120 cm³/mol. The highest BCUT2D eigenvalue weighted by atomic mass is 32.2. The highest BCUT2D eigenvalue weighted by Gasteiger charge is 2.35. The molecule has 3 aromatic carbocycles. The standard InChI is InChI=1S/C24H24N2O3S/c1-2-21(28)26-15-30-14-19(26)24(29)25-23(17-9-4-3-5-10-17)22-18-11-7-6-8-16(18)12-13-20(22)27/h3-13,19,23,27H,2,14-15H2,1H3,(H,25,29)/t19-,23+/m1/s1. The van der Waals surface area contributed by atoms with Crippen LogP contribution in [0.3, 0.4) is 0 Å². The van der Waals surface area contributed by atoms with E-state index in [1.165, 1.54) is 0 Å². The first-order valence-corrected chi connectivity index (χ1v) is 11.2. The Balaban J connectivity index is 1.75. The van der Waals surface area contributed by atoms with Crippen molar-refractivity contribution in [2.45, 2.75) is 25.4 Å². The second-order valence-electron chi connectivity index (χ2n) is 7.30. The highest BCUT2D eigenvalue weighted by Crippen LogP contribution is 2.36. The molecule has 0 unspecified atom stereocenters. The monoisotopic (exact) mass is 420 g/mol. The van der Waals surface area contributed by atoms with Crippen molar-refractivity contribution in [3.05, 3.63) is 77.9 Å². The summed E-state index contributed by atoms with van der Waals surface area (Å²) in [6.45, 7) is 1.81. The lowest BCUT2D eigenvalue weighted by atomic mass is 9.92. The van der Waals surface area contributed by atoms with Gasteiger partial charge in [0.2, 0.25) is 11.8 Å². The molecule has 2 atom stereocenters.